The van der Waals surface area contributed by atoms with Crippen LogP contribution in [0, 0.1) is 0 Å². The summed E-state index contributed by atoms with van der Waals surface area (Å²) in [6.07, 6.45) is 3.00. The van der Waals surface area contributed by atoms with Crippen molar-refractivity contribution in [2.24, 2.45) is 0 Å². The molecule has 0 atom stereocenters. The Morgan fingerprint density at radius 1 is 1.27 bits per heavy atom. The van der Waals surface area contributed by atoms with Crippen molar-refractivity contribution in [1.29, 1.82) is 0 Å². The number of thiazole rings is 1. The van der Waals surface area contributed by atoms with E-state index in [9.17, 15) is 0 Å². The molecule has 0 aliphatic carbocycles. The highest BCUT2D eigenvalue weighted by molar-refractivity contribution is 7.15. The highest BCUT2D eigenvalue weighted by atomic mass is 32.1. The van der Waals surface area contributed by atoms with E-state index in [1.165, 1.54) is 11.3 Å². The minimum Gasteiger partial charge on any atom is -0.497 e. The minimum atomic E-state index is 0.297. The number of anilines is 1. The molecule has 1 aliphatic heterocycles. The van der Waals surface area contributed by atoms with Gasteiger partial charge in [0.1, 0.15) is 5.75 Å². The van der Waals surface area contributed by atoms with Crippen LogP contribution >= 0.6 is 11.3 Å². The molecular formula is C19H26N2O4S. The Labute approximate surface area is 158 Å². The molecule has 0 unspecified atom stereocenters. The van der Waals surface area contributed by atoms with E-state index >= 15 is 0 Å². The van der Waals surface area contributed by atoms with E-state index in [1.54, 1.807) is 7.11 Å². The molecule has 2 aromatic rings. The van der Waals surface area contributed by atoms with Crippen molar-refractivity contribution in [1.82, 2.24) is 4.98 Å². The number of rotatable bonds is 9. The van der Waals surface area contributed by atoms with E-state index in [4.69, 9.17) is 24.7 Å². The summed E-state index contributed by atoms with van der Waals surface area (Å²) in [5.41, 5.74) is 7.98. The van der Waals surface area contributed by atoms with Gasteiger partial charge < -0.3 is 24.7 Å². The minimum absolute atomic E-state index is 0.297. The van der Waals surface area contributed by atoms with Crippen LogP contribution in [0.25, 0.3) is 0 Å². The Kier molecular flexibility index (Phi) is 7.25. The van der Waals surface area contributed by atoms with E-state index in [1.807, 2.05) is 18.2 Å². The van der Waals surface area contributed by atoms with Crippen molar-refractivity contribution >= 4 is 16.5 Å². The predicted molar refractivity (Wildman–Crippen MR) is 102 cm³/mol. The third kappa shape index (κ3) is 5.67. The highest BCUT2D eigenvalue weighted by Crippen LogP contribution is 2.25. The van der Waals surface area contributed by atoms with Gasteiger partial charge in [0.2, 0.25) is 0 Å². The van der Waals surface area contributed by atoms with Crippen LogP contribution in [0.15, 0.2) is 24.3 Å². The summed E-state index contributed by atoms with van der Waals surface area (Å²) in [4.78, 5) is 5.55. The van der Waals surface area contributed by atoms with E-state index in [-0.39, 0.29) is 0 Å². The maximum absolute atomic E-state index is 5.91. The Hall–Kier alpha value is -1.67. The van der Waals surface area contributed by atoms with E-state index < -0.39 is 0 Å². The molecule has 142 valence electrons. The van der Waals surface area contributed by atoms with Crippen LogP contribution < -0.4 is 10.5 Å². The smallest absolute Gasteiger partial charge is 0.180 e. The lowest BCUT2D eigenvalue weighted by Crippen LogP contribution is -2.24. The number of benzene rings is 1. The molecule has 1 aromatic carbocycles. The number of aromatic nitrogens is 1. The van der Waals surface area contributed by atoms with Crippen molar-refractivity contribution in [3.8, 4) is 5.75 Å². The Balaban J connectivity index is 1.47. The number of nitrogens with two attached hydrogens (primary N) is 1. The molecule has 7 heteroatoms. The first-order valence-electron chi connectivity index (χ1n) is 8.88. The standard InChI is InChI=1S/C19H26N2O4S/c1-22-16-4-2-3-14(11-16)12-18-17(21-19(20)26-18)13-24-9-10-25-15-5-7-23-8-6-15/h2-4,11,15H,5-10,12-13H2,1H3,(H2,20,21). The van der Waals surface area contributed by atoms with Crippen LogP contribution in [-0.4, -0.2) is 44.6 Å². The molecule has 1 saturated heterocycles. The molecule has 26 heavy (non-hydrogen) atoms. The van der Waals surface area contributed by atoms with Gasteiger partial charge in [0, 0.05) is 24.5 Å². The van der Waals surface area contributed by atoms with Gasteiger partial charge in [-0.05, 0) is 30.5 Å². The van der Waals surface area contributed by atoms with Crippen molar-refractivity contribution in [2.45, 2.75) is 32.0 Å². The van der Waals surface area contributed by atoms with Gasteiger partial charge in [-0.3, -0.25) is 0 Å². The summed E-state index contributed by atoms with van der Waals surface area (Å²) in [6.45, 7) is 3.17. The monoisotopic (exact) mass is 378 g/mol. The molecule has 2 heterocycles. The molecule has 0 spiro atoms. The Morgan fingerprint density at radius 2 is 2.12 bits per heavy atom. The van der Waals surface area contributed by atoms with Crippen LogP contribution in [-0.2, 0) is 27.2 Å². The predicted octanol–water partition coefficient (Wildman–Crippen LogP) is 3.04. The first kappa shape index (κ1) is 19.1. The fourth-order valence-corrected chi connectivity index (χ4v) is 3.78. The van der Waals surface area contributed by atoms with Crippen LogP contribution in [0.5, 0.6) is 5.75 Å². The molecule has 1 aromatic heterocycles. The highest BCUT2D eigenvalue weighted by Gasteiger charge is 2.14. The van der Waals surface area contributed by atoms with Gasteiger partial charge in [0.15, 0.2) is 5.13 Å². The van der Waals surface area contributed by atoms with Gasteiger partial charge in [-0.25, -0.2) is 4.98 Å². The van der Waals surface area contributed by atoms with E-state index in [2.05, 4.69) is 11.1 Å². The van der Waals surface area contributed by atoms with Crippen LogP contribution in [0.2, 0.25) is 0 Å². The third-order valence-corrected chi connectivity index (χ3v) is 5.21. The fourth-order valence-electron chi connectivity index (χ4n) is 2.91. The van der Waals surface area contributed by atoms with Gasteiger partial charge in [-0.2, -0.15) is 0 Å². The average Bonchev–Trinajstić information content (AvgIpc) is 3.01. The zero-order valence-electron chi connectivity index (χ0n) is 15.1. The third-order valence-electron chi connectivity index (χ3n) is 4.28. The maximum atomic E-state index is 5.91. The summed E-state index contributed by atoms with van der Waals surface area (Å²) >= 11 is 1.51. The topological polar surface area (TPSA) is 75.8 Å². The van der Waals surface area contributed by atoms with Gasteiger partial charge in [-0.15, -0.1) is 11.3 Å². The molecule has 2 N–H and O–H groups in total. The molecule has 6 nitrogen and oxygen atoms in total. The maximum Gasteiger partial charge on any atom is 0.180 e. The largest absolute Gasteiger partial charge is 0.497 e. The number of hydrogen-bond acceptors (Lipinski definition) is 7. The number of nitrogen functional groups attached to an aromatic ring is 1. The summed E-state index contributed by atoms with van der Waals surface area (Å²) in [7, 11) is 1.67. The number of methoxy groups -OCH3 is 1. The lowest BCUT2D eigenvalue weighted by Gasteiger charge is -2.22. The Morgan fingerprint density at radius 3 is 2.92 bits per heavy atom. The molecule has 1 fully saturated rings. The summed E-state index contributed by atoms with van der Waals surface area (Å²) in [6, 6.07) is 8.03. The van der Waals surface area contributed by atoms with Crippen molar-refractivity contribution < 1.29 is 18.9 Å². The second-order valence-corrected chi connectivity index (χ2v) is 7.30. The molecule has 0 saturated carbocycles. The zero-order chi connectivity index (χ0) is 18.2. The molecule has 0 bridgehead atoms. The lowest BCUT2D eigenvalue weighted by molar-refractivity contribution is -0.0513. The normalized spacial score (nSPS) is 15.3. The van der Waals surface area contributed by atoms with Crippen molar-refractivity contribution in [3.63, 3.8) is 0 Å². The first-order valence-corrected chi connectivity index (χ1v) is 9.70. The molecule has 0 radical (unpaired) electrons. The second kappa shape index (κ2) is 9.87. The van der Waals surface area contributed by atoms with Crippen LogP contribution in [0.1, 0.15) is 29.0 Å². The first-order chi connectivity index (χ1) is 12.7. The average molecular weight is 378 g/mol. The summed E-state index contributed by atoms with van der Waals surface area (Å²) < 4.78 is 22.2. The van der Waals surface area contributed by atoms with Crippen LogP contribution in [0.3, 0.4) is 0 Å². The van der Waals surface area contributed by atoms with Gasteiger partial charge >= 0.3 is 0 Å². The zero-order valence-corrected chi connectivity index (χ0v) is 15.9. The summed E-state index contributed by atoms with van der Waals surface area (Å²) in [5, 5.41) is 0.569. The Bertz CT molecular complexity index is 686. The van der Waals surface area contributed by atoms with Crippen molar-refractivity contribution in [3.05, 3.63) is 40.4 Å². The number of ether oxygens (including phenoxy) is 4. The number of hydrogen-bond donors (Lipinski definition) is 1. The molecular weight excluding hydrogens is 352 g/mol. The molecule has 0 amide bonds. The van der Waals surface area contributed by atoms with E-state index in [0.29, 0.717) is 31.1 Å². The fraction of sp³-hybridized carbons (Fsp3) is 0.526. The number of nitrogens with zero attached hydrogens (tertiary/aromatic N) is 1. The van der Waals surface area contributed by atoms with Gasteiger partial charge in [0.25, 0.3) is 0 Å². The quantitative estimate of drug-likeness (QED) is 0.676. The summed E-state index contributed by atoms with van der Waals surface area (Å²) in [5.74, 6) is 0.850. The SMILES string of the molecule is COc1cccc(Cc2sc(N)nc2COCCOC2CCOCC2)c1. The lowest BCUT2D eigenvalue weighted by atomic mass is 10.1. The van der Waals surface area contributed by atoms with E-state index in [0.717, 1.165) is 54.4 Å². The molecule has 3 rings (SSSR count). The second-order valence-electron chi connectivity index (χ2n) is 6.19. The molecule has 1 aliphatic rings. The van der Waals surface area contributed by atoms with Crippen molar-refractivity contribution in [2.75, 3.05) is 39.3 Å². The van der Waals surface area contributed by atoms with Gasteiger partial charge in [0.05, 0.1) is 38.7 Å². The van der Waals surface area contributed by atoms with Gasteiger partial charge in [-0.1, -0.05) is 12.1 Å². The van der Waals surface area contributed by atoms with Crippen LogP contribution in [0.4, 0.5) is 5.13 Å².